The number of rotatable bonds is 6. The second-order valence-electron chi connectivity index (χ2n) is 8.26. The first kappa shape index (κ1) is 20.0. The predicted octanol–water partition coefficient (Wildman–Crippen LogP) is 3.22. The zero-order valence-electron chi connectivity index (χ0n) is 17.8. The van der Waals surface area contributed by atoms with E-state index in [-0.39, 0.29) is 5.91 Å². The molecule has 162 valence electrons. The molecule has 0 unspecified atom stereocenters. The van der Waals surface area contributed by atoms with E-state index in [0.29, 0.717) is 5.56 Å². The van der Waals surface area contributed by atoms with Crippen molar-refractivity contribution >= 4 is 28.3 Å². The van der Waals surface area contributed by atoms with Crippen molar-refractivity contribution in [3.63, 3.8) is 0 Å². The molecule has 31 heavy (non-hydrogen) atoms. The fourth-order valence-electron chi connectivity index (χ4n) is 4.50. The zero-order chi connectivity index (χ0) is 21.0. The van der Waals surface area contributed by atoms with Gasteiger partial charge in [0.15, 0.2) is 0 Å². The number of nitrogens with zero attached hydrogens (tertiary/aromatic N) is 4. The molecular weight excluding hydrogens is 390 g/mol. The van der Waals surface area contributed by atoms with Gasteiger partial charge in [0, 0.05) is 68.3 Å². The summed E-state index contributed by atoms with van der Waals surface area (Å²) in [6.45, 7) is 7.54. The second kappa shape index (κ2) is 9.08. The van der Waals surface area contributed by atoms with Gasteiger partial charge in [0.05, 0.1) is 18.8 Å². The highest BCUT2D eigenvalue weighted by atomic mass is 16.5. The van der Waals surface area contributed by atoms with Crippen molar-refractivity contribution in [2.45, 2.75) is 19.4 Å². The number of amides is 1. The summed E-state index contributed by atoms with van der Waals surface area (Å²) in [5.41, 5.74) is 2.62. The highest BCUT2D eigenvalue weighted by Gasteiger charge is 2.20. The Labute approximate surface area is 182 Å². The van der Waals surface area contributed by atoms with E-state index in [0.717, 1.165) is 82.2 Å². The number of hydrogen-bond donors (Lipinski definition) is 1. The van der Waals surface area contributed by atoms with Crippen molar-refractivity contribution in [3.8, 4) is 0 Å². The van der Waals surface area contributed by atoms with E-state index in [9.17, 15) is 4.79 Å². The third-order valence-corrected chi connectivity index (χ3v) is 6.23. The Morgan fingerprint density at radius 2 is 1.87 bits per heavy atom. The number of carbonyl (C=O) groups is 1. The number of anilines is 2. The lowest BCUT2D eigenvalue weighted by Crippen LogP contribution is -2.38. The third kappa shape index (κ3) is 4.43. The first-order valence-electron chi connectivity index (χ1n) is 11.2. The number of morpholine rings is 1. The van der Waals surface area contributed by atoms with Crippen LogP contribution in [0, 0.1) is 0 Å². The Hall–Kier alpha value is -2.90. The minimum absolute atomic E-state index is 0.110. The summed E-state index contributed by atoms with van der Waals surface area (Å²) >= 11 is 0. The molecule has 7 heteroatoms. The van der Waals surface area contributed by atoms with Crippen LogP contribution in [-0.4, -0.2) is 66.3 Å². The highest BCUT2D eigenvalue weighted by molar-refractivity contribution is 6.08. The van der Waals surface area contributed by atoms with Gasteiger partial charge in [-0.05, 0) is 49.2 Å². The Bertz CT molecular complexity index is 1050. The molecule has 2 aliphatic rings. The van der Waals surface area contributed by atoms with Crippen LogP contribution in [-0.2, 0) is 11.3 Å². The van der Waals surface area contributed by atoms with E-state index in [4.69, 9.17) is 4.74 Å². The smallest absolute Gasteiger partial charge is 0.259 e. The summed E-state index contributed by atoms with van der Waals surface area (Å²) in [4.78, 5) is 22.1. The van der Waals surface area contributed by atoms with Gasteiger partial charge >= 0.3 is 0 Å². The SMILES string of the molecule is O=C(Nc1ccc2c(ccn2CCN2CCOCC2)c1)c1cccnc1N1CCCC1. The quantitative estimate of drug-likeness (QED) is 0.665. The number of hydrogen-bond acceptors (Lipinski definition) is 5. The van der Waals surface area contributed by atoms with Crippen LogP contribution in [0.3, 0.4) is 0 Å². The molecular formula is C24H29N5O2. The van der Waals surface area contributed by atoms with Gasteiger partial charge in [0.25, 0.3) is 5.91 Å². The van der Waals surface area contributed by atoms with Crippen molar-refractivity contribution < 1.29 is 9.53 Å². The Morgan fingerprint density at radius 1 is 1.03 bits per heavy atom. The molecule has 7 nitrogen and oxygen atoms in total. The average molecular weight is 420 g/mol. The van der Waals surface area contributed by atoms with Crippen molar-refractivity contribution in [2.24, 2.45) is 0 Å². The molecule has 0 bridgehead atoms. The van der Waals surface area contributed by atoms with Gasteiger partial charge in [-0.25, -0.2) is 4.98 Å². The van der Waals surface area contributed by atoms with Crippen LogP contribution < -0.4 is 10.2 Å². The van der Waals surface area contributed by atoms with Crippen LogP contribution in [0.2, 0.25) is 0 Å². The molecule has 5 rings (SSSR count). The van der Waals surface area contributed by atoms with Gasteiger partial charge in [-0.2, -0.15) is 0 Å². The molecule has 1 N–H and O–H groups in total. The van der Waals surface area contributed by atoms with Crippen molar-refractivity contribution in [1.29, 1.82) is 0 Å². The molecule has 1 amide bonds. The maximum absolute atomic E-state index is 13.0. The minimum atomic E-state index is -0.110. The van der Waals surface area contributed by atoms with Crippen LogP contribution in [0.25, 0.3) is 10.9 Å². The Kier molecular flexibility index (Phi) is 5.86. The summed E-state index contributed by atoms with van der Waals surface area (Å²) in [7, 11) is 0. The van der Waals surface area contributed by atoms with E-state index in [2.05, 4.69) is 43.0 Å². The largest absolute Gasteiger partial charge is 0.379 e. The number of fused-ring (bicyclic) bond motifs is 1. The van der Waals surface area contributed by atoms with Crippen LogP contribution in [0.15, 0.2) is 48.8 Å². The monoisotopic (exact) mass is 419 g/mol. The molecule has 0 atom stereocenters. The summed E-state index contributed by atoms with van der Waals surface area (Å²) in [6.07, 6.45) is 6.19. The standard InChI is InChI=1S/C24H29N5O2/c30-24(21-4-3-8-25-23(21)29-9-1-2-10-29)26-20-5-6-22-19(18-20)7-11-28(22)13-12-27-14-16-31-17-15-27/h3-8,11,18H,1-2,9-10,12-17H2,(H,26,30). The summed E-state index contributed by atoms with van der Waals surface area (Å²) < 4.78 is 7.71. The van der Waals surface area contributed by atoms with Gasteiger partial charge in [-0.1, -0.05) is 0 Å². The number of nitrogens with one attached hydrogen (secondary N) is 1. The number of pyridine rings is 1. The van der Waals surface area contributed by atoms with Gasteiger partial charge in [-0.3, -0.25) is 9.69 Å². The molecule has 2 aromatic heterocycles. The van der Waals surface area contributed by atoms with Gasteiger partial charge < -0.3 is 19.5 Å². The Balaban J connectivity index is 1.28. The normalized spacial score (nSPS) is 17.4. The predicted molar refractivity (Wildman–Crippen MR) is 123 cm³/mol. The van der Waals surface area contributed by atoms with E-state index in [1.165, 1.54) is 5.52 Å². The maximum Gasteiger partial charge on any atom is 0.259 e. The van der Waals surface area contributed by atoms with E-state index in [1.807, 2.05) is 24.3 Å². The first-order chi connectivity index (χ1) is 15.3. The zero-order valence-corrected chi connectivity index (χ0v) is 17.8. The van der Waals surface area contributed by atoms with Crippen molar-refractivity contribution in [2.75, 3.05) is 56.2 Å². The lowest BCUT2D eigenvalue weighted by Gasteiger charge is -2.26. The average Bonchev–Trinajstić information content (AvgIpc) is 3.48. The fourth-order valence-corrected chi connectivity index (χ4v) is 4.50. The molecule has 2 saturated heterocycles. The molecule has 0 spiro atoms. The van der Waals surface area contributed by atoms with Crippen molar-refractivity contribution in [3.05, 3.63) is 54.4 Å². The molecule has 2 aliphatic heterocycles. The highest BCUT2D eigenvalue weighted by Crippen LogP contribution is 2.25. The van der Waals surface area contributed by atoms with Crippen LogP contribution >= 0.6 is 0 Å². The van der Waals surface area contributed by atoms with E-state index in [1.54, 1.807) is 6.20 Å². The second-order valence-corrected chi connectivity index (χ2v) is 8.26. The number of ether oxygens (including phenoxy) is 1. The van der Waals surface area contributed by atoms with E-state index >= 15 is 0 Å². The fraction of sp³-hybridized carbons (Fsp3) is 0.417. The number of aromatic nitrogens is 2. The van der Waals surface area contributed by atoms with Crippen molar-refractivity contribution in [1.82, 2.24) is 14.5 Å². The number of carbonyl (C=O) groups excluding carboxylic acids is 1. The summed E-state index contributed by atoms with van der Waals surface area (Å²) in [6, 6.07) is 11.9. The topological polar surface area (TPSA) is 62.6 Å². The van der Waals surface area contributed by atoms with Crippen LogP contribution in [0.4, 0.5) is 11.5 Å². The maximum atomic E-state index is 13.0. The molecule has 1 aromatic carbocycles. The van der Waals surface area contributed by atoms with E-state index < -0.39 is 0 Å². The molecule has 4 heterocycles. The minimum Gasteiger partial charge on any atom is -0.379 e. The lowest BCUT2D eigenvalue weighted by molar-refractivity contribution is 0.0365. The van der Waals surface area contributed by atoms with Crippen LogP contribution in [0.5, 0.6) is 0 Å². The molecule has 2 fully saturated rings. The molecule has 0 saturated carbocycles. The molecule has 0 radical (unpaired) electrons. The van der Waals surface area contributed by atoms with Gasteiger partial charge in [0.1, 0.15) is 5.82 Å². The molecule has 0 aliphatic carbocycles. The third-order valence-electron chi connectivity index (χ3n) is 6.23. The Morgan fingerprint density at radius 3 is 2.71 bits per heavy atom. The van der Waals surface area contributed by atoms with Gasteiger partial charge in [-0.15, -0.1) is 0 Å². The lowest BCUT2D eigenvalue weighted by atomic mass is 10.2. The first-order valence-corrected chi connectivity index (χ1v) is 11.2. The molecule has 3 aromatic rings. The summed E-state index contributed by atoms with van der Waals surface area (Å²) in [5.74, 6) is 0.675. The van der Waals surface area contributed by atoms with Crippen LogP contribution in [0.1, 0.15) is 23.2 Å². The number of benzene rings is 1. The summed E-state index contributed by atoms with van der Waals surface area (Å²) in [5, 5.41) is 4.20. The van der Waals surface area contributed by atoms with Gasteiger partial charge in [0.2, 0.25) is 0 Å².